The molecule has 0 bridgehead atoms. The molecule has 0 aliphatic rings. The zero-order valence-electron chi connectivity index (χ0n) is 15.1. The van der Waals surface area contributed by atoms with Gasteiger partial charge in [-0.15, -0.1) is 0 Å². The maximum absolute atomic E-state index is 5.46. The van der Waals surface area contributed by atoms with Crippen molar-refractivity contribution in [1.82, 2.24) is 0 Å². The smallest absolute Gasteiger partial charge is 0.119 e. The minimum Gasteiger partial charge on any atom is -0.497 e. The number of aryl methyl sites for hydroxylation is 1. The Morgan fingerprint density at radius 1 is 0.760 bits per heavy atom. The van der Waals surface area contributed by atoms with Crippen molar-refractivity contribution in [2.24, 2.45) is 0 Å². The van der Waals surface area contributed by atoms with Crippen LogP contribution in [0.4, 0.5) is 0 Å². The predicted molar refractivity (Wildman–Crippen MR) is 105 cm³/mol. The van der Waals surface area contributed by atoms with E-state index in [9.17, 15) is 0 Å². The first-order chi connectivity index (χ1) is 12.2. The molecule has 3 aromatic rings. The van der Waals surface area contributed by atoms with Crippen LogP contribution in [-0.2, 0) is 18.3 Å². The maximum Gasteiger partial charge on any atom is 0.119 e. The van der Waals surface area contributed by atoms with Crippen LogP contribution in [0, 0.1) is 0 Å². The summed E-state index contributed by atoms with van der Waals surface area (Å²) in [5.74, 6) is 0.927. The normalized spacial score (nSPS) is 13.2. The molecular weight excluding hydrogens is 304 g/mol. The standard InChI is InChI=1S/C24H26O/c1-24(19-21-12-7-4-8-13-21,17-16-20-10-5-3-6-11-20)22-14-9-15-23(18-22)25-2/h3-15,18H,16-17,19H2,1-2H3. The lowest BCUT2D eigenvalue weighted by Crippen LogP contribution is -2.26. The number of rotatable bonds is 7. The summed E-state index contributed by atoms with van der Waals surface area (Å²) in [6.45, 7) is 2.37. The number of benzene rings is 3. The molecule has 0 fully saturated rings. The molecule has 0 heterocycles. The molecule has 1 atom stereocenters. The summed E-state index contributed by atoms with van der Waals surface area (Å²) in [5, 5.41) is 0. The van der Waals surface area contributed by atoms with Crippen molar-refractivity contribution in [2.45, 2.75) is 31.6 Å². The first-order valence-electron chi connectivity index (χ1n) is 8.92. The van der Waals surface area contributed by atoms with Crippen molar-refractivity contribution >= 4 is 0 Å². The molecule has 0 saturated heterocycles. The maximum atomic E-state index is 5.46. The Morgan fingerprint density at radius 3 is 2.04 bits per heavy atom. The van der Waals surface area contributed by atoms with Gasteiger partial charge in [-0.2, -0.15) is 0 Å². The van der Waals surface area contributed by atoms with E-state index < -0.39 is 0 Å². The van der Waals surface area contributed by atoms with E-state index in [2.05, 4.69) is 85.8 Å². The lowest BCUT2D eigenvalue weighted by atomic mass is 9.73. The highest BCUT2D eigenvalue weighted by Gasteiger charge is 2.27. The van der Waals surface area contributed by atoms with Gasteiger partial charge in [0, 0.05) is 0 Å². The van der Waals surface area contributed by atoms with Crippen molar-refractivity contribution in [2.75, 3.05) is 7.11 Å². The Balaban J connectivity index is 1.89. The quantitative estimate of drug-likeness (QED) is 0.530. The fourth-order valence-electron chi connectivity index (χ4n) is 3.44. The minimum atomic E-state index is 0.0612. The minimum absolute atomic E-state index is 0.0612. The number of hydrogen-bond acceptors (Lipinski definition) is 1. The number of ether oxygens (including phenoxy) is 1. The van der Waals surface area contributed by atoms with Crippen LogP contribution in [0.1, 0.15) is 30.0 Å². The average Bonchev–Trinajstić information content (AvgIpc) is 2.68. The van der Waals surface area contributed by atoms with Gasteiger partial charge < -0.3 is 4.74 Å². The van der Waals surface area contributed by atoms with E-state index in [4.69, 9.17) is 4.74 Å². The summed E-state index contributed by atoms with van der Waals surface area (Å²) in [4.78, 5) is 0. The van der Waals surface area contributed by atoms with Crippen LogP contribution >= 0.6 is 0 Å². The van der Waals surface area contributed by atoms with Crippen LogP contribution in [0.2, 0.25) is 0 Å². The monoisotopic (exact) mass is 330 g/mol. The number of methoxy groups -OCH3 is 1. The summed E-state index contributed by atoms with van der Waals surface area (Å²) >= 11 is 0. The second-order valence-corrected chi connectivity index (χ2v) is 6.94. The van der Waals surface area contributed by atoms with E-state index in [1.165, 1.54) is 16.7 Å². The van der Waals surface area contributed by atoms with Gasteiger partial charge in [0.05, 0.1) is 7.11 Å². The molecule has 1 heteroatoms. The van der Waals surface area contributed by atoms with Crippen LogP contribution < -0.4 is 4.74 Å². The fourth-order valence-corrected chi connectivity index (χ4v) is 3.44. The van der Waals surface area contributed by atoms with Gasteiger partial charge in [-0.3, -0.25) is 0 Å². The van der Waals surface area contributed by atoms with Crippen LogP contribution in [0.25, 0.3) is 0 Å². The molecule has 3 rings (SSSR count). The van der Waals surface area contributed by atoms with E-state index in [1.54, 1.807) is 7.11 Å². The first-order valence-corrected chi connectivity index (χ1v) is 8.92. The summed E-state index contributed by atoms with van der Waals surface area (Å²) < 4.78 is 5.46. The molecule has 3 aromatic carbocycles. The van der Waals surface area contributed by atoms with Gasteiger partial charge in [-0.1, -0.05) is 79.7 Å². The summed E-state index contributed by atoms with van der Waals surface area (Å²) in [7, 11) is 1.73. The third kappa shape index (κ3) is 4.51. The predicted octanol–water partition coefficient (Wildman–Crippen LogP) is 5.83. The lowest BCUT2D eigenvalue weighted by Gasteiger charge is -2.31. The molecule has 0 spiro atoms. The molecule has 0 amide bonds. The third-order valence-electron chi connectivity index (χ3n) is 5.01. The van der Waals surface area contributed by atoms with Gasteiger partial charge in [0.15, 0.2) is 0 Å². The zero-order chi connectivity index (χ0) is 17.5. The molecule has 1 unspecified atom stereocenters. The molecule has 128 valence electrons. The van der Waals surface area contributed by atoms with E-state index >= 15 is 0 Å². The molecule has 0 N–H and O–H groups in total. The fraction of sp³-hybridized carbons (Fsp3) is 0.250. The lowest BCUT2D eigenvalue weighted by molar-refractivity contribution is 0.403. The van der Waals surface area contributed by atoms with E-state index in [0.29, 0.717) is 0 Å². The van der Waals surface area contributed by atoms with Gasteiger partial charge >= 0.3 is 0 Å². The molecule has 0 aliphatic carbocycles. The second kappa shape index (κ2) is 8.02. The van der Waals surface area contributed by atoms with Gasteiger partial charge in [0.2, 0.25) is 0 Å². The molecule has 0 radical (unpaired) electrons. The largest absolute Gasteiger partial charge is 0.497 e. The molecule has 1 nitrogen and oxygen atoms in total. The van der Waals surface area contributed by atoms with Gasteiger partial charge in [-0.05, 0) is 53.5 Å². The summed E-state index contributed by atoms with van der Waals surface area (Å²) in [6.07, 6.45) is 3.19. The van der Waals surface area contributed by atoms with Crippen molar-refractivity contribution in [1.29, 1.82) is 0 Å². The Kier molecular flexibility index (Phi) is 5.55. The molecule has 25 heavy (non-hydrogen) atoms. The number of hydrogen-bond donors (Lipinski definition) is 0. The van der Waals surface area contributed by atoms with Crippen LogP contribution in [0.5, 0.6) is 5.75 Å². The topological polar surface area (TPSA) is 9.23 Å². The van der Waals surface area contributed by atoms with Crippen LogP contribution in [0.3, 0.4) is 0 Å². The van der Waals surface area contributed by atoms with E-state index in [-0.39, 0.29) is 5.41 Å². The Labute approximate surface area is 151 Å². The van der Waals surface area contributed by atoms with Gasteiger partial charge in [0.25, 0.3) is 0 Å². The second-order valence-electron chi connectivity index (χ2n) is 6.94. The Hall–Kier alpha value is -2.54. The molecule has 0 aromatic heterocycles. The Morgan fingerprint density at radius 2 is 1.40 bits per heavy atom. The average molecular weight is 330 g/mol. The molecule has 0 saturated carbocycles. The highest BCUT2D eigenvalue weighted by molar-refractivity contribution is 5.35. The summed E-state index contributed by atoms with van der Waals surface area (Å²) in [6, 6.07) is 30.1. The van der Waals surface area contributed by atoms with E-state index in [1.807, 2.05) is 6.07 Å². The Bertz CT molecular complexity index is 779. The van der Waals surface area contributed by atoms with Crippen molar-refractivity contribution in [3.05, 3.63) is 102 Å². The van der Waals surface area contributed by atoms with Gasteiger partial charge in [0.1, 0.15) is 5.75 Å². The van der Waals surface area contributed by atoms with Crippen molar-refractivity contribution in [3.8, 4) is 5.75 Å². The summed E-state index contributed by atoms with van der Waals surface area (Å²) in [5.41, 5.74) is 4.17. The van der Waals surface area contributed by atoms with Crippen LogP contribution in [-0.4, -0.2) is 7.11 Å². The van der Waals surface area contributed by atoms with Gasteiger partial charge in [-0.25, -0.2) is 0 Å². The van der Waals surface area contributed by atoms with Crippen LogP contribution in [0.15, 0.2) is 84.9 Å². The zero-order valence-corrected chi connectivity index (χ0v) is 15.1. The first kappa shape index (κ1) is 17.3. The van der Waals surface area contributed by atoms with Crippen molar-refractivity contribution < 1.29 is 4.74 Å². The highest BCUT2D eigenvalue weighted by atomic mass is 16.5. The SMILES string of the molecule is COc1cccc(C(C)(CCc2ccccc2)Cc2ccccc2)c1. The highest BCUT2D eigenvalue weighted by Crippen LogP contribution is 2.34. The third-order valence-corrected chi connectivity index (χ3v) is 5.01. The molecule has 0 aliphatic heterocycles. The molecular formula is C24H26O. The van der Waals surface area contributed by atoms with Crippen molar-refractivity contribution in [3.63, 3.8) is 0 Å². The van der Waals surface area contributed by atoms with E-state index in [0.717, 1.165) is 25.0 Å².